The van der Waals surface area contributed by atoms with Gasteiger partial charge in [-0.25, -0.2) is 16.8 Å². The van der Waals surface area contributed by atoms with Gasteiger partial charge >= 0.3 is 59.1 Å². The minimum Gasteiger partial charge on any atom is -0.744 e. The SMILES string of the molecule is O=S(=O)([O-])c1cc(Nc2cc(Nc3ccccc3)nc(Nc3ccccc3)n2)ccc1/C=C/c1ccc(Nc2cc(Nc3ccccc3)nc(Nc3ccccc3)n2)cc1S(=O)(=O)[O-].[Na+].[Na+]. The smallest absolute Gasteiger partial charge is 0.744 e. The summed E-state index contributed by atoms with van der Waals surface area (Å²) in [5.41, 5.74) is 3.25. The van der Waals surface area contributed by atoms with Gasteiger partial charge in [-0.05, 0) is 83.9 Å². The third-order valence-corrected chi connectivity index (χ3v) is 10.9. The van der Waals surface area contributed by atoms with Crippen LogP contribution in [-0.4, -0.2) is 45.9 Å². The van der Waals surface area contributed by atoms with Crippen molar-refractivity contribution in [1.82, 2.24) is 19.9 Å². The Morgan fingerprint density at radius 2 is 0.621 bits per heavy atom. The zero-order valence-corrected chi connectivity index (χ0v) is 41.0. The minimum absolute atomic E-state index is 0. The maximum absolute atomic E-state index is 12.6. The largest absolute Gasteiger partial charge is 1.00 e. The summed E-state index contributed by atoms with van der Waals surface area (Å²) in [6, 6.07) is 48.4. The van der Waals surface area contributed by atoms with Crippen LogP contribution in [0.2, 0.25) is 0 Å². The molecule has 8 rings (SSSR count). The molecule has 2 aromatic heterocycles. The van der Waals surface area contributed by atoms with Crippen molar-refractivity contribution in [3.63, 3.8) is 0 Å². The van der Waals surface area contributed by atoms with Crippen molar-refractivity contribution in [3.8, 4) is 0 Å². The number of para-hydroxylation sites is 4. The summed E-state index contributed by atoms with van der Waals surface area (Å²) in [7, 11) is -10.2. The molecule has 0 radical (unpaired) electrons. The zero-order chi connectivity index (χ0) is 44.5. The number of nitrogens with one attached hydrogen (secondary N) is 6. The summed E-state index contributed by atoms with van der Waals surface area (Å²) >= 11 is 0. The minimum atomic E-state index is -5.09. The van der Waals surface area contributed by atoms with Gasteiger partial charge in [0.25, 0.3) is 0 Å². The summed E-state index contributed by atoms with van der Waals surface area (Å²) in [6.45, 7) is 0. The maximum Gasteiger partial charge on any atom is 1.00 e. The van der Waals surface area contributed by atoms with Gasteiger partial charge in [-0.2, -0.15) is 19.9 Å². The second kappa shape index (κ2) is 22.4. The number of nitrogens with zero attached hydrogens (tertiary/aromatic N) is 4. The Kier molecular flexibility index (Phi) is 16.7. The first-order chi connectivity index (χ1) is 30.9. The normalized spacial score (nSPS) is 11.1. The Hall–Kier alpha value is -6.16. The molecule has 6 aromatic carbocycles. The van der Waals surface area contributed by atoms with Crippen molar-refractivity contribution in [3.05, 3.63) is 181 Å². The van der Waals surface area contributed by atoms with E-state index in [2.05, 4.69) is 51.8 Å². The van der Waals surface area contributed by atoms with Crippen molar-refractivity contribution >= 4 is 102 Å². The molecule has 0 saturated heterocycles. The fourth-order valence-corrected chi connectivity index (χ4v) is 7.70. The monoisotopic (exact) mass is 934 g/mol. The molecule has 0 fully saturated rings. The molecule has 320 valence electrons. The Labute approximate surface area is 425 Å². The summed E-state index contributed by atoms with van der Waals surface area (Å²) in [5, 5.41) is 18.8. The molecule has 2 heterocycles. The van der Waals surface area contributed by atoms with Crippen LogP contribution in [0.4, 0.5) is 69.3 Å². The number of aromatic nitrogens is 4. The van der Waals surface area contributed by atoms with Crippen LogP contribution in [0.1, 0.15) is 11.1 Å². The third kappa shape index (κ3) is 13.7. The molecule has 0 spiro atoms. The van der Waals surface area contributed by atoms with E-state index in [0.29, 0.717) is 11.6 Å². The van der Waals surface area contributed by atoms with Crippen LogP contribution in [0.3, 0.4) is 0 Å². The molecule has 6 N–H and O–H groups in total. The van der Waals surface area contributed by atoms with Gasteiger partial charge in [0.05, 0.1) is 9.79 Å². The topological polar surface area (TPSA) is 238 Å². The Morgan fingerprint density at radius 3 is 0.909 bits per heavy atom. The summed E-state index contributed by atoms with van der Waals surface area (Å²) in [6.07, 6.45) is 2.49. The van der Waals surface area contributed by atoms with Crippen molar-refractivity contribution in [2.75, 3.05) is 31.9 Å². The molecule has 20 heteroatoms. The van der Waals surface area contributed by atoms with Gasteiger partial charge in [0.15, 0.2) is 0 Å². The van der Waals surface area contributed by atoms with E-state index >= 15 is 0 Å². The van der Waals surface area contributed by atoms with Gasteiger partial charge in [-0.3, -0.25) is 0 Å². The van der Waals surface area contributed by atoms with Gasteiger partial charge in [0, 0.05) is 46.3 Å². The number of anilines is 12. The molecule has 0 aliphatic rings. The van der Waals surface area contributed by atoms with Gasteiger partial charge < -0.3 is 41.0 Å². The molecule has 66 heavy (non-hydrogen) atoms. The quantitative estimate of drug-likeness (QED) is 0.0460. The van der Waals surface area contributed by atoms with Crippen LogP contribution in [-0.2, 0) is 20.2 Å². The van der Waals surface area contributed by atoms with E-state index in [9.17, 15) is 25.9 Å². The van der Waals surface area contributed by atoms with Crippen LogP contribution >= 0.6 is 0 Å². The molecule has 0 atom stereocenters. The van der Waals surface area contributed by atoms with Crippen molar-refractivity contribution in [2.45, 2.75) is 9.79 Å². The molecule has 0 bridgehead atoms. The summed E-state index contributed by atoms with van der Waals surface area (Å²) < 4.78 is 75.9. The second-order valence-corrected chi connectivity index (χ2v) is 16.6. The van der Waals surface area contributed by atoms with Gasteiger partial charge in [-0.15, -0.1) is 0 Å². The first-order valence-corrected chi connectivity index (χ1v) is 22.2. The predicted molar refractivity (Wildman–Crippen MR) is 247 cm³/mol. The zero-order valence-electron chi connectivity index (χ0n) is 35.4. The Bertz CT molecular complexity index is 2850. The van der Waals surface area contributed by atoms with Crippen LogP contribution < -0.4 is 91.0 Å². The van der Waals surface area contributed by atoms with E-state index < -0.39 is 30.0 Å². The number of hydrogen-bond acceptors (Lipinski definition) is 16. The molecule has 16 nitrogen and oxygen atoms in total. The Morgan fingerprint density at radius 1 is 0.348 bits per heavy atom. The molecule has 0 aliphatic heterocycles. The average Bonchev–Trinajstić information content (AvgIpc) is 3.27. The van der Waals surface area contributed by atoms with E-state index in [1.165, 1.54) is 36.4 Å². The number of rotatable bonds is 16. The second-order valence-electron chi connectivity index (χ2n) is 13.9. The van der Waals surface area contributed by atoms with E-state index in [1.807, 2.05) is 121 Å². The van der Waals surface area contributed by atoms with Gasteiger partial charge in [0.1, 0.15) is 43.5 Å². The summed E-state index contributed by atoms with van der Waals surface area (Å²) in [5.74, 6) is 1.80. The van der Waals surface area contributed by atoms with Crippen molar-refractivity contribution in [2.24, 2.45) is 0 Å². The molecule has 8 aromatic rings. The standard InChI is InChI=1S/C46H38N10O6S2.2Na/c57-63(58,59)39-27-37(49-43-29-41(47-33-13-5-1-6-14-33)53-45(55-43)51-35-17-9-3-10-18-35)25-23-31(39)21-22-32-24-26-38(28-40(32)64(60,61)62)50-44-30-42(48-34-15-7-2-8-16-34)54-46(56-44)52-36-19-11-4-12-20-36;;/h1-30H,(H,57,58,59)(H,60,61,62)(H3,47,49,51,53,55)(H3,48,50,52,54,56);;/q;2*+1/p-2/b22-21+;;. The van der Waals surface area contributed by atoms with E-state index in [4.69, 9.17) is 0 Å². The number of benzene rings is 6. The van der Waals surface area contributed by atoms with E-state index in [-0.39, 0.29) is 105 Å². The molecular weight excluding hydrogens is 899 g/mol. The predicted octanol–water partition coefficient (Wildman–Crippen LogP) is 3.71. The fourth-order valence-electron chi connectivity index (χ4n) is 6.31. The number of hydrogen-bond donors (Lipinski definition) is 6. The molecule has 0 saturated carbocycles. The molecule has 0 unspecified atom stereocenters. The van der Waals surface area contributed by atoms with Crippen LogP contribution in [0, 0.1) is 0 Å². The van der Waals surface area contributed by atoms with Crippen molar-refractivity contribution in [1.29, 1.82) is 0 Å². The fraction of sp³-hybridized carbons (Fsp3) is 0. The van der Waals surface area contributed by atoms with Gasteiger partial charge in [0.2, 0.25) is 11.9 Å². The maximum atomic E-state index is 12.6. The molecular formula is C46H36N10Na2O6S2. The Balaban J connectivity index is 0.00000360. The average molecular weight is 935 g/mol. The first kappa shape index (κ1) is 49.3. The molecule has 0 amide bonds. The van der Waals surface area contributed by atoms with Crippen LogP contribution in [0.15, 0.2) is 180 Å². The van der Waals surface area contributed by atoms with Gasteiger partial charge in [-0.1, -0.05) is 97.1 Å². The molecule has 0 aliphatic carbocycles. The van der Waals surface area contributed by atoms with Crippen LogP contribution in [0.5, 0.6) is 0 Å². The first-order valence-electron chi connectivity index (χ1n) is 19.4. The van der Waals surface area contributed by atoms with Crippen LogP contribution in [0.25, 0.3) is 12.2 Å². The third-order valence-electron chi connectivity index (χ3n) is 9.16. The van der Waals surface area contributed by atoms with E-state index in [0.717, 1.165) is 34.9 Å². The summed E-state index contributed by atoms with van der Waals surface area (Å²) in [4.78, 5) is 17.0. The van der Waals surface area contributed by atoms with E-state index in [1.54, 1.807) is 12.1 Å². The van der Waals surface area contributed by atoms with Crippen molar-refractivity contribution < 1.29 is 85.1 Å².